The first-order valence-electron chi connectivity index (χ1n) is 9.08. The molecular formula is C19H32FN3. The Labute approximate surface area is 140 Å². The molecule has 1 unspecified atom stereocenters. The highest BCUT2D eigenvalue weighted by Crippen LogP contribution is 2.24. The van der Waals surface area contributed by atoms with Crippen molar-refractivity contribution in [3.63, 3.8) is 0 Å². The molecule has 0 aliphatic carbocycles. The van der Waals surface area contributed by atoms with Crippen LogP contribution in [-0.4, -0.2) is 55.6 Å². The number of piperazine rings is 1. The molecule has 0 amide bonds. The molecule has 1 aromatic carbocycles. The molecule has 0 bridgehead atoms. The predicted octanol–water partition coefficient (Wildman–Crippen LogP) is 3.20. The van der Waals surface area contributed by atoms with E-state index in [0.29, 0.717) is 6.04 Å². The van der Waals surface area contributed by atoms with Gasteiger partial charge < -0.3 is 5.32 Å². The number of benzene rings is 1. The Hall–Kier alpha value is -0.970. The Morgan fingerprint density at radius 1 is 1.26 bits per heavy atom. The number of halogens is 1. The van der Waals surface area contributed by atoms with Crippen LogP contribution < -0.4 is 5.32 Å². The Morgan fingerprint density at radius 2 is 2.00 bits per heavy atom. The van der Waals surface area contributed by atoms with Crippen molar-refractivity contribution in [2.45, 2.75) is 39.7 Å². The summed E-state index contributed by atoms with van der Waals surface area (Å²) in [5.41, 5.74) is 2.00. The molecule has 0 saturated carbocycles. The molecule has 4 heteroatoms. The lowest BCUT2D eigenvalue weighted by Crippen LogP contribution is -2.47. The molecule has 1 heterocycles. The number of nitrogens with one attached hydrogen (secondary N) is 1. The molecule has 3 nitrogen and oxygen atoms in total. The molecule has 0 radical (unpaired) electrons. The Kier molecular flexibility index (Phi) is 7.47. The van der Waals surface area contributed by atoms with E-state index in [1.54, 1.807) is 6.07 Å². The second-order valence-electron chi connectivity index (χ2n) is 6.56. The van der Waals surface area contributed by atoms with Crippen molar-refractivity contribution in [1.29, 1.82) is 0 Å². The largest absolute Gasteiger partial charge is 0.314 e. The van der Waals surface area contributed by atoms with Crippen LogP contribution in [0.3, 0.4) is 0 Å². The first-order valence-corrected chi connectivity index (χ1v) is 9.08. The maximum atomic E-state index is 13.7. The van der Waals surface area contributed by atoms with Crippen LogP contribution in [0.15, 0.2) is 18.2 Å². The van der Waals surface area contributed by atoms with Gasteiger partial charge in [0.2, 0.25) is 0 Å². The maximum Gasteiger partial charge on any atom is 0.126 e. The minimum absolute atomic E-state index is 0.105. The van der Waals surface area contributed by atoms with Crippen LogP contribution in [0.5, 0.6) is 0 Å². The third-order valence-corrected chi connectivity index (χ3v) is 4.85. The number of likely N-dealkylation sites (N-methyl/N-ethyl adjacent to an activating group) is 1. The zero-order chi connectivity index (χ0) is 16.7. The highest BCUT2D eigenvalue weighted by atomic mass is 19.1. The monoisotopic (exact) mass is 321 g/mol. The van der Waals surface area contributed by atoms with Crippen molar-refractivity contribution in [2.75, 3.05) is 45.8 Å². The summed E-state index contributed by atoms with van der Waals surface area (Å²) in [6.07, 6.45) is 2.42. The van der Waals surface area contributed by atoms with E-state index in [-0.39, 0.29) is 5.82 Å². The third kappa shape index (κ3) is 5.27. The van der Waals surface area contributed by atoms with Crippen molar-refractivity contribution in [2.24, 2.45) is 0 Å². The molecule has 0 aromatic heterocycles. The van der Waals surface area contributed by atoms with E-state index in [0.717, 1.165) is 51.4 Å². The van der Waals surface area contributed by atoms with Crippen LogP contribution in [-0.2, 0) is 0 Å². The van der Waals surface area contributed by atoms with Crippen LogP contribution in [0, 0.1) is 12.7 Å². The normalized spacial score (nSPS) is 17.6. The van der Waals surface area contributed by atoms with Crippen molar-refractivity contribution in [3.8, 4) is 0 Å². The third-order valence-electron chi connectivity index (χ3n) is 4.85. The molecule has 23 heavy (non-hydrogen) atoms. The number of aryl methyl sites for hydroxylation is 1. The fraction of sp³-hybridized carbons (Fsp3) is 0.684. The van der Waals surface area contributed by atoms with Gasteiger partial charge in [-0.2, -0.15) is 0 Å². The number of unbranched alkanes of at least 4 members (excludes halogenated alkanes) is 1. The highest BCUT2D eigenvalue weighted by Gasteiger charge is 2.23. The van der Waals surface area contributed by atoms with E-state index < -0.39 is 0 Å². The number of hydrogen-bond acceptors (Lipinski definition) is 3. The molecule has 1 fully saturated rings. The lowest BCUT2D eigenvalue weighted by atomic mass is 10.0. The summed E-state index contributed by atoms with van der Waals surface area (Å²) in [5, 5.41) is 3.42. The summed E-state index contributed by atoms with van der Waals surface area (Å²) in [7, 11) is 0. The van der Waals surface area contributed by atoms with Crippen LogP contribution in [0.4, 0.5) is 4.39 Å². The summed E-state index contributed by atoms with van der Waals surface area (Å²) in [4.78, 5) is 5.09. The molecular weight excluding hydrogens is 289 g/mol. The minimum Gasteiger partial charge on any atom is -0.314 e. The van der Waals surface area contributed by atoms with E-state index in [9.17, 15) is 4.39 Å². The molecule has 1 atom stereocenters. The van der Waals surface area contributed by atoms with E-state index in [2.05, 4.69) is 29.0 Å². The van der Waals surface area contributed by atoms with Gasteiger partial charge in [0.15, 0.2) is 0 Å². The second-order valence-corrected chi connectivity index (χ2v) is 6.56. The van der Waals surface area contributed by atoms with E-state index in [4.69, 9.17) is 0 Å². The van der Waals surface area contributed by atoms with E-state index >= 15 is 0 Å². The van der Waals surface area contributed by atoms with Crippen molar-refractivity contribution in [3.05, 3.63) is 35.1 Å². The number of nitrogens with zero attached hydrogens (tertiary/aromatic N) is 2. The molecule has 0 spiro atoms. The topological polar surface area (TPSA) is 18.5 Å². The lowest BCUT2D eigenvalue weighted by molar-refractivity contribution is 0.132. The molecule has 1 aliphatic rings. The van der Waals surface area contributed by atoms with Crippen molar-refractivity contribution >= 4 is 0 Å². The predicted molar refractivity (Wildman–Crippen MR) is 95.3 cm³/mol. The van der Waals surface area contributed by atoms with Gasteiger partial charge >= 0.3 is 0 Å². The van der Waals surface area contributed by atoms with Crippen LogP contribution >= 0.6 is 0 Å². The standard InChI is InChI=1S/C19H32FN3/c1-4-6-11-23(5-2)19(15-22-12-9-21-10-13-22)17-7-8-18(20)16(3)14-17/h7-8,14,19,21H,4-6,9-13,15H2,1-3H3. The average molecular weight is 321 g/mol. The molecule has 1 saturated heterocycles. The van der Waals surface area contributed by atoms with E-state index in [1.165, 1.54) is 18.4 Å². The number of rotatable bonds is 8. The Balaban J connectivity index is 2.19. The molecule has 130 valence electrons. The van der Waals surface area contributed by atoms with Crippen LogP contribution in [0.25, 0.3) is 0 Å². The van der Waals surface area contributed by atoms with Crippen LogP contribution in [0.2, 0.25) is 0 Å². The SMILES string of the molecule is CCCCN(CC)C(CN1CCNCC1)c1ccc(F)c(C)c1. The fourth-order valence-corrected chi connectivity index (χ4v) is 3.34. The summed E-state index contributed by atoms with van der Waals surface area (Å²) in [6, 6.07) is 5.99. The Bertz CT molecular complexity index is 472. The smallest absolute Gasteiger partial charge is 0.126 e. The fourth-order valence-electron chi connectivity index (χ4n) is 3.34. The van der Waals surface area contributed by atoms with Crippen molar-refractivity contribution < 1.29 is 4.39 Å². The molecule has 2 rings (SSSR count). The first-order chi connectivity index (χ1) is 11.2. The van der Waals surface area contributed by atoms with Gasteiger partial charge in [-0.05, 0) is 43.6 Å². The maximum absolute atomic E-state index is 13.7. The van der Waals surface area contributed by atoms with Crippen LogP contribution in [0.1, 0.15) is 43.9 Å². The van der Waals surface area contributed by atoms with Gasteiger partial charge in [-0.1, -0.05) is 32.4 Å². The lowest BCUT2D eigenvalue weighted by Gasteiger charge is -2.37. The highest BCUT2D eigenvalue weighted by molar-refractivity contribution is 5.27. The summed E-state index contributed by atoms with van der Waals surface area (Å²) >= 11 is 0. The minimum atomic E-state index is -0.105. The van der Waals surface area contributed by atoms with Gasteiger partial charge in [-0.25, -0.2) is 4.39 Å². The first kappa shape index (κ1) is 18.4. The summed E-state index contributed by atoms with van der Waals surface area (Å²) < 4.78 is 13.7. The second kappa shape index (κ2) is 9.36. The quantitative estimate of drug-likeness (QED) is 0.793. The summed E-state index contributed by atoms with van der Waals surface area (Å²) in [6.45, 7) is 13.8. The van der Waals surface area contributed by atoms with Gasteiger partial charge in [0.25, 0.3) is 0 Å². The van der Waals surface area contributed by atoms with Gasteiger partial charge in [0, 0.05) is 38.8 Å². The molecule has 1 N–H and O–H groups in total. The van der Waals surface area contributed by atoms with E-state index in [1.807, 2.05) is 19.1 Å². The average Bonchev–Trinajstić information content (AvgIpc) is 2.58. The molecule has 1 aliphatic heterocycles. The van der Waals surface area contributed by atoms with Gasteiger partial charge in [0.05, 0.1) is 0 Å². The zero-order valence-corrected chi connectivity index (χ0v) is 14.9. The van der Waals surface area contributed by atoms with Gasteiger partial charge in [0.1, 0.15) is 5.82 Å². The van der Waals surface area contributed by atoms with Gasteiger partial charge in [-0.3, -0.25) is 9.80 Å². The zero-order valence-electron chi connectivity index (χ0n) is 14.9. The number of hydrogen-bond donors (Lipinski definition) is 1. The van der Waals surface area contributed by atoms with Gasteiger partial charge in [-0.15, -0.1) is 0 Å². The summed E-state index contributed by atoms with van der Waals surface area (Å²) in [5.74, 6) is -0.105. The Morgan fingerprint density at radius 3 is 2.61 bits per heavy atom. The van der Waals surface area contributed by atoms with Crippen molar-refractivity contribution in [1.82, 2.24) is 15.1 Å². The molecule has 1 aromatic rings.